The van der Waals surface area contributed by atoms with Gasteiger partial charge in [0.15, 0.2) is 11.6 Å². The summed E-state index contributed by atoms with van der Waals surface area (Å²) in [4.78, 5) is 3.63. The minimum atomic E-state index is -0.573. The van der Waals surface area contributed by atoms with Gasteiger partial charge in [-0.15, -0.1) is 0 Å². The molecule has 0 bridgehead atoms. The number of halogens is 3. The van der Waals surface area contributed by atoms with E-state index < -0.39 is 12.5 Å². The van der Waals surface area contributed by atoms with Crippen LogP contribution in [0, 0.1) is 5.82 Å². The van der Waals surface area contributed by atoms with E-state index in [2.05, 4.69) is 10.3 Å². The maximum atomic E-state index is 12.8. The molecule has 0 aliphatic rings. The van der Waals surface area contributed by atoms with Crippen molar-refractivity contribution >= 4 is 17.4 Å². The number of aromatic nitrogens is 1. The van der Waals surface area contributed by atoms with E-state index in [0.717, 1.165) is 6.07 Å². The SMILES string of the molecule is FCCNc1ncc(Cl)cc1F. The van der Waals surface area contributed by atoms with Crippen LogP contribution in [-0.4, -0.2) is 18.2 Å². The van der Waals surface area contributed by atoms with Gasteiger partial charge in [0.2, 0.25) is 0 Å². The van der Waals surface area contributed by atoms with Gasteiger partial charge in [0.1, 0.15) is 6.67 Å². The van der Waals surface area contributed by atoms with Gasteiger partial charge in [-0.3, -0.25) is 0 Å². The van der Waals surface area contributed by atoms with Crippen LogP contribution in [0.3, 0.4) is 0 Å². The monoisotopic (exact) mass is 192 g/mol. The van der Waals surface area contributed by atoms with Gasteiger partial charge < -0.3 is 5.32 Å². The highest BCUT2D eigenvalue weighted by Crippen LogP contribution is 2.14. The Labute approximate surface area is 73.6 Å². The van der Waals surface area contributed by atoms with Crippen molar-refractivity contribution in [1.29, 1.82) is 0 Å². The summed E-state index contributed by atoms with van der Waals surface area (Å²) in [7, 11) is 0. The fourth-order valence-electron chi connectivity index (χ4n) is 0.710. The first-order valence-electron chi connectivity index (χ1n) is 3.35. The lowest BCUT2D eigenvalue weighted by atomic mass is 10.4. The summed E-state index contributed by atoms with van der Waals surface area (Å²) in [6, 6.07) is 1.12. The molecule has 0 spiro atoms. The molecule has 1 aromatic rings. The van der Waals surface area contributed by atoms with Gasteiger partial charge in [-0.25, -0.2) is 13.8 Å². The number of nitrogens with zero attached hydrogens (tertiary/aromatic N) is 1. The molecule has 0 aliphatic carbocycles. The van der Waals surface area contributed by atoms with E-state index in [0.29, 0.717) is 0 Å². The van der Waals surface area contributed by atoms with Crippen molar-refractivity contribution in [3.05, 3.63) is 23.1 Å². The van der Waals surface area contributed by atoms with Crippen LogP contribution >= 0.6 is 11.6 Å². The van der Waals surface area contributed by atoms with Gasteiger partial charge in [0.25, 0.3) is 0 Å². The molecule has 0 radical (unpaired) electrons. The summed E-state index contributed by atoms with van der Waals surface area (Å²) in [6.45, 7) is -0.519. The summed E-state index contributed by atoms with van der Waals surface area (Å²) in [6.07, 6.45) is 1.30. The predicted octanol–water partition coefficient (Wildman–Crippen LogP) is 2.26. The summed E-state index contributed by atoms with van der Waals surface area (Å²) < 4.78 is 24.5. The number of hydrogen-bond acceptors (Lipinski definition) is 2. The smallest absolute Gasteiger partial charge is 0.166 e. The van der Waals surface area contributed by atoms with E-state index >= 15 is 0 Å². The molecule has 0 unspecified atom stereocenters. The Bertz CT molecular complexity index is 268. The van der Waals surface area contributed by atoms with Gasteiger partial charge in [-0.05, 0) is 6.07 Å². The molecule has 1 rings (SSSR count). The molecule has 5 heteroatoms. The van der Waals surface area contributed by atoms with Crippen molar-refractivity contribution in [2.75, 3.05) is 18.5 Å². The molecule has 1 N–H and O–H groups in total. The zero-order chi connectivity index (χ0) is 8.97. The van der Waals surface area contributed by atoms with E-state index in [4.69, 9.17) is 11.6 Å². The molecule has 66 valence electrons. The minimum Gasteiger partial charge on any atom is -0.365 e. The summed E-state index contributed by atoms with van der Waals surface area (Å²) in [5.41, 5.74) is 0. The Morgan fingerprint density at radius 3 is 2.92 bits per heavy atom. The Morgan fingerprint density at radius 1 is 1.58 bits per heavy atom. The fourth-order valence-corrected chi connectivity index (χ4v) is 0.855. The summed E-state index contributed by atoms with van der Waals surface area (Å²) >= 11 is 5.45. The van der Waals surface area contributed by atoms with Crippen LogP contribution < -0.4 is 5.32 Å². The second-order valence-electron chi connectivity index (χ2n) is 2.10. The Morgan fingerprint density at radius 2 is 2.33 bits per heavy atom. The third-order valence-electron chi connectivity index (χ3n) is 1.19. The van der Waals surface area contributed by atoms with Crippen molar-refractivity contribution < 1.29 is 8.78 Å². The predicted molar refractivity (Wildman–Crippen MR) is 43.7 cm³/mol. The molecule has 0 saturated carbocycles. The lowest BCUT2D eigenvalue weighted by Gasteiger charge is -2.03. The van der Waals surface area contributed by atoms with Crippen LogP contribution in [0.1, 0.15) is 0 Å². The number of alkyl halides is 1. The van der Waals surface area contributed by atoms with Crippen molar-refractivity contribution in [3.8, 4) is 0 Å². The molecule has 12 heavy (non-hydrogen) atoms. The first kappa shape index (κ1) is 9.19. The van der Waals surface area contributed by atoms with Crippen molar-refractivity contribution in [2.45, 2.75) is 0 Å². The zero-order valence-electron chi connectivity index (χ0n) is 6.15. The summed E-state index contributed by atoms with van der Waals surface area (Å²) in [5.74, 6) is -0.548. The lowest BCUT2D eigenvalue weighted by Crippen LogP contribution is -2.06. The molecule has 0 aromatic carbocycles. The molecule has 1 aromatic heterocycles. The lowest BCUT2D eigenvalue weighted by molar-refractivity contribution is 0.511. The molecular formula is C7H7ClF2N2. The largest absolute Gasteiger partial charge is 0.365 e. The van der Waals surface area contributed by atoms with Crippen molar-refractivity contribution in [1.82, 2.24) is 4.98 Å². The van der Waals surface area contributed by atoms with Crippen LogP contribution in [-0.2, 0) is 0 Å². The van der Waals surface area contributed by atoms with Crippen LogP contribution in [0.15, 0.2) is 12.3 Å². The zero-order valence-corrected chi connectivity index (χ0v) is 6.91. The van der Waals surface area contributed by atoms with Crippen LogP contribution in [0.25, 0.3) is 0 Å². The number of anilines is 1. The van der Waals surface area contributed by atoms with Crippen molar-refractivity contribution in [3.63, 3.8) is 0 Å². The van der Waals surface area contributed by atoms with Gasteiger partial charge in [0.05, 0.1) is 5.02 Å². The van der Waals surface area contributed by atoms with Crippen molar-refractivity contribution in [2.24, 2.45) is 0 Å². The molecule has 0 aliphatic heterocycles. The van der Waals surface area contributed by atoms with E-state index in [1.54, 1.807) is 0 Å². The highest BCUT2D eigenvalue weighted by Gasteiger charge is 2.02. The molecule has 0 atom stereocenters. The van der Waals surface area contributed by atoms with Crippen LogP contribution in [0.2, 0.25) is 5.02 Å². The first-order chi connectivity index (χ1) is 5.74. The highest BCUT2D eigenvalue weighted by atomic mass is 35.5. The fraction of sp³-hybridized carbons (Fsp3) is 0.286. The molecule has 2 nitrogen and oxygen atoms in total. The third-order valence-corrected chi connectivity index (χ3v) is 1.40. The maximum absolute atomic E-state index is 12.8. The van der Waals surface area contributed by atoms with Crippen LogP contribution in [0.4, 0.5) is 14.6 Å². The number of pyridine rings is 1. The first-order valence-corrected chi connectivity index (χ1v) is 3.72. The quantitative estimate of drug-likeness (QED) is 0.795. The molecule has 0 fully saturated rings. The maximum Gasteiger partial charge on any atom is 0.166 e. The second kappa shape index (κ2) is 4.21. The van der Waals surface area contributed by atoms with Gasteiger partial charge in [-0.2, -0.15) is 0 Å². The Kier molecular flexibility index (Phi) is 3.22. The average Bonchev–Trinajstić information content (AvgIpc) is 2.03. The normalized spacial score (nSPS) is 9.92. The highest BCUT2D eigenvalue weighted by molar-refractivity contribution is 6.30. The van der Waals surface area contributed by atoms with Crippen LogP contribution in [0.5, 0.6) is 0 Å². The molecule has 0 amide bonds. The van der Waals surface area contributed by atoms with E-state index in [1.807, 2.05) is 0 Å². The topological polar surface area (TPSA) is 24.9 Å². The van der Waals surface area contributed by atoms with Gasteiger partial charge >= 0.3 is 0 Å². The third kappa shape index (κ3) is 2.30. The Balaban J connectivity index is 2.72. The van der Waals surface area contributed by atoms with E-state index in [-0.39, 0.29) is 17.4 Å². The van der Waals surface area contributed by atoms with Gasteiger partial charge in [0, 0.05) is 12.7 Å². The minimum absolute atomic E-state index is 0.0250. The second-order valence-corrected chi connectivity index (χ2v) is 2.54. The van der Waals surface area contributed by atoms with Gasteiger partial charge in [-0.1, -0.05) is 11.6 Å². The van der Waals surface area contributed by atoms with E-state index in [9.17, 15) is 8.78 Å². The number of rotatable bonds is 3. The molecular weight excluding hydrogens is 186 g/mol. The molecule has 1 heterocycles. The average molecular weight is 193 g/mol. The number of hydrogen-bond donors (Lipinski definition) is 1. The Hall–Kier alpha value is -0.900. The standard InChI is InChI=1S/C7H7ClF2N2/c8-5-3-6(10)7(12-4-5)11-2-1-9/h3-4H,1-2H2,(H,11,12). The molecule has 0 saturated heterocycles. The van der Waals surface area contributed by atoms with E-state index in [1.165, 1.54) is 6.20 Å². The summed E-state index contributed by atoms with van der Waals surface area (Å²) in [5, 5.41) is 2.69. The number of nitrogens with one attached hydrogen (secondary N) is 1.